The molecule has 0 aliphatic rings. The predicted octanol–water partition coefficient (Wildman–Crippen LogP) is 2.60. The molecule has 1 aromatic carbocycles. The van der Waals surface area contributed by atoms with Gasteiger partial charge in [0.2, 0.25) is 5.91 Å². The molecule has 24 heavy (non-hydrogen) atoms. The van der Waals surface area contributed by atoms with Crippen molar-refractivity contribution in [3.8, 4) is 0 Å². The Kier molecular flexibility index (Phi) is 6.55. The Bertz CT molecular complexity index is 665. The van der Waals surface area contributed by atoms with E-state index >= 15 is 0 Å². The number of carbonyl (C=O) groups is 1. The molecule has 2 aromatic rings. The zero-order valence-electron chi connectivity index (χ0n) is 14.7. The van der Waals surface area contributed by atoms with Crippen LogP contribution in [-0.2, 0) is 18.3 Å². The first-order chi connectivity index (χ1) is 11.5. The number of nitrogens with one attached hydrogen (secondary N) is 1. The molecule has 1 amide bonds. The van der Waals surface area contributed by atoms with E-state index in [0.717, 1.165) is 28.9 Å². The van der Waals surface area contributed by atoms with Gasteiger partial charge in [-0.15, -0.1) is 0 Å². The largest absolute Gasteiger partial charge is 0.396 e. The van der Waals surface area contributed by atoms with Crippen LogP contribution >= 0.6 is 0 Å². The van der Waals surface area contributed by atoms with Crippen LogP contribution in [0.4, 0.5) is 0 Å². The topological polar surface area (TPSA) is 67.2 Å². The average molecular weight is 329 g/mol. The van der Waals surface area contributed by atoms with Gasteiger partial charge < -0.3 is 10.4 Å². The lowest BCUT2D eigenvalue weighted by molar-refractivity contribution is -0.121. The van der Waals surface area contributed by atoms with E-state index in [4.69, 9.17) is 5.11 Å². The lowest BCUT2D eigenvalue weighted by Crippen LogP contribution is -2.29. The Balaban J connectivity index is 1.97. The van der Waals surface area contributed by atoms with Crippen LogP contribution in [0.5, 0.6) is 0 Å². The summed E-state index contributed by atoms with van der Waals surface area (Å²) in [6, 6.07) is 9.87. The Morgan fingerprint density at radius 2 is 2.00 bits per heavy atom. The third-order valence-electron chi connectivity index (χ3n) is 4.45. The van der Waals surface area contributed by atoms with Gasteiger partial charge in [-0.25, -0.2) is 0 Å². The Labute approximate surface area is 143 Å². The van der Waals surface area contributed by atoms with Gasteiger partial charge >= 0.3 is 0 Å². The van der Waals surface area contributed by atoms with Crippen LogP contribution in [0.15, 0.2) is 30.3 Å². The summed E-state index contributed by atoms with van der Waals surface area (Å²) in [6.07, 6.45) is 2.53. The standard InChI is InChI=1S/C19H27N3O2/c1-14-17(15(2)22(3)21-14)11-12-19(24)20-18(10-7-13-23)16-8-5-4-6-9-16/h4-6,8-9,18,23H,7,10-13H2,1-3H3,(H,20,24). The third kappa shape index (κ3) is 4.68. The fourth-order valence-corrected chi connectivity index (χ4v) is 2.99. The molecule has 5 heteroatoms. The van der Waals surface area contributed by atoms with Crippen molar-refractivity contribution in [3.05, 3.63) is 52.8 Å². The molecular formula is C19H27N3O2. The van der Waals surface area contributed by atoms with Gasteiger partial charge in [0, 0.05) is 25.8 Å². The second-order valence-electron chi connectivity index (χ2n) is 6.17. The molecule has 0 spiro atoms. The molecular weight excluding hydrogens is 302 g/mol. The molecule has 2 N–H and O–H groups in total. The maximum atomic E-state index is 12.4. The average Bonchev–Trinajstić information content (AvgIpc) is 2.82. The number of carbonyl (C=O) groups excluding carboxylic acids is 1. The van der Waals surface area contributed by atoms with Crippen LogP contribution in [0.25, 0.3) is 0 Å². The Hall–Kier alpha value is -2.14. The first-order valence-electron chi connectivity index (χ1n) is 8.47. The highest BCUT2D eigenvalue weighted by molar-refractivity contribution is 5.76. The van der Waals surface area contributed by atoms with Crippen LogP contribution in [0.2, 0.25) is 0 Å². The number of hydrogen-bond donors (Lipinski definition) is 2. The number of amides is 1. The number of aliphatic hydroxyl groups is 1. The minimum Gasteiger partial charge on any atom is -0.396 e. The van der Waals surface area contributed by atoms with E-state index in [-0.39, 0.29) is 18.6 Å². The summed E-state index contributed by atoms with van der Waals surface area (Å²) in [5.41, 5.74) is 4.33. The zero-order valence-corrected chi connectivity index (χ0v) is 14.7. The summed E-state index contributed by atoms with van der Waals surface area (Å²) in [4.78, 5) is 12.4. The van der Waals surface area contributed by atoms with Gasteiger partial charge in [0.05, 0.1) is 11.7 Å². The highest BCUT2D eigenvalue weighted by Gasteiger charge is 2.16. The number of rotatable bonds is 8. The summed E-state index contributed by atoms with van der Waals surface area (Å²) in [5, 5.41) is 16.6. The number of aliphatic hydroxyl groups excluding tert-OH is 1. The van der Waals surface area contributed by atoms with Crippen molar-refractivity contribution in [1.29, 1.82) is 0 Å². The molecule has 0 aliphatic heterocycles. The molecule has 0 saturated heterocycles. The van der Waals surface area contributed by atoms with E-state index < -0.39 is 0 Å². The number of nitrogens with zero attached hydrogens (tertiary/aromatic N) is 2. The molecule has 0 radical (unpaired) electrons. The van der Waals surface area contributed by atoms with Gasteiger partial charge in [-0.05, 0) is 44.2 Å². The second-order valence-corrected chi connectivity index (χ2v) is 6.17. The summed E-state index contributed by atoms with van der Waals surface area (Å²) in [6.45, 7) is 4.14. The van der Waals surface area contributed by atoms with Gasteiger partial charge in [0.15, 0.2) is 0 Å². The maximum Gasteiger partial charge on any atom is 0.220 e. The van der Waals surface area contributed by atoms with Crippen LogP contribution in [0.3, 0.4) is 0 Å². The van der Waals surface area contributed by atoms with Crippen molar-refractivity contribution in [2.24, 2.45) is 7.05 Å². The number of hydrogen-bond acceptors (Lipinski definition) is 3. The van der Waals surface area contributed by atoms with Crippen LogP contribution in [0.1, 0.15) is 47.8 Å². The van der Waals surface area contributed by atoms with Gasteiger partial charge in [-0.3, -0.25) is 9.48 Å². The van der Waals surface area contributed by atoms with E-state index in [9.17, 15) is 4.79 Å². The summed E-state index contributed by atoms with van der Waals surface area (Å²) >= 11 is 0. The predicted molar refractivity (Wildman–Crippen MR) is 94.6 cm³/mol. The number of aromatic nitrogens is 2. The molecule has 0 aliphatic carbocycles. The fraction of sp³-hybridized carbons (Fsp3) is 0.474. The lowest BCUT2D eigenvalue weighted by atomic mass is 10.0. The van der Waals surface area contributed by atoms with Crippen LogP contribution in [-0.4, -0.2) is 27.4 Å². The molecule has 5 nitrogen and oxygen atoms in total. The number of aryl methyl sites for hydroxylation is 2. The molecule has 130 valence electrons. The van der Waals surface area contributed by atoms with Crippen LogP contribution < -0.4 is 5.32 Å². The van der Waals surface area contributed by atoms with Gasteiger partial charge in [-0.1, -0.05) is 30.3 Å². The monoisotopic (exact) mass is 329 g/mol. The van der Waals surface area contributed by atoms with E-state index in [0.29, 0.717) is 19.3 Å². The summed E-state index contributed by atoms with van der Waals surface area (Å²) in [7, 11) is 1.92. The maximum absolute atomic E-state index is 12.4. The van der Waals surface area contributed by atoms with Crippen LogP contribution in [0, 0.1) is 13.8 Å². The first kappa shape index (κ1) is 18.2. The smallest absolute Gasteiger partial charge is 0.220 e. The molecule has 1 atom stereocenters. The Morgan fingerprint density at radius 3 is 2.58 bits per heavy atom. The highest BCUT2D eigenvalue weighted by Crippen LogP contribution is 2.19. The molecule has 1 aromatic heterocycles. The van der Waals surface area contributed by atoms with Gasteiger partial charge in [-0.2, -0.15) is 5.10 Å². The van der Waals surface area contributed by atoms with E-state index in [1.807, 2.05) is 55.9 Å². The number of benzene rings is 1. The molecule has 0 saturated carbocycles. The van der Waals surface area contributed by atoms with Crippen molar-refractivity contribution >= 4 is 5.91 Å². The minimum absolute atomic E-state index is 0.0319. The third-order valence-corrected chi connectivity index (χ3v) is 4.45. The molecule has 2 rings (SSSR count). The van der Waals surface area contributed by atoms with Gasteiger partial charge in [0.25, 0.3) is 0 Å². The Morgan fingerprint density at radius 1 is 1.29 bits per heavy atom. The highest BCUT2D eigenvalue weighted by atomic mass is 16.3. The molecule has 0 bridgehead atoms. The molecule has 1 heterocycles. The van der Waals surface area contributed by atoms with Crippen molar-refractivity contribution in [3.63, 3.8) is 0 Å². The minimum atomic E-state index is -0.0538. The lowest BCUT2D eigenvalue weighted by Gasteiger charge is -2.19. The fourth-order valence-electron chi connectivity index (χ4n) is 2.99. The van der Waals surface area contributed by atoms with Crippen molar-refractivity contribution in [1.82, 2.24) is 15.1 Å². The van der Waals surface area contributed by atoms with Crippen molar-refractivity contribution in [2.45, 2.75) is 45.6 Å². The molecule has 1 unspecified atom stereocenters. The SMILES string of the molecule is Cc1nn(C)c(C)c1CCC(=O)NC(CCCO)c1ccccc1. The normalized spacial score (nSPS) is 12.2. The summed E-state index contributed by atoms with van der Waals surface area (Å²) in [5.74, 6) is 0.0319. The summed E-state index contributed by atoms with van der Waals surface area (Å²) < 4.78 is 1.86. The van der Waals surface area contributed by atoms with E-state index in [1.54, 1.807) is 0 Å². The molecule has 0 fully saturated rings. The van der Waals surface area contributed by atoms with Gasteiger partial charge in [0.1, 0.15) is 0 Å². The first-order valence-corrected chi connectivity index (χ1v) is 8.47. The van der Waals surface area contributed by atoms with E-state index in [1.165, 1.54) is 0 Å². The zero-order chi connectivity index (χ0) is 17.5. The van der Waals surface area contributed by atoms with Crippen molar-refractivity contribution < 1.29 is 9.90 Å². The van der Waals surface area contributed by atoms with E-state index in [2.05, 4.69) is 10.4 Å². The second kappa shape index (κ2) is 8.64. The van der Waals surface area contributed by atoms with Crippen molar-refractivity contribution in [2.75, 3.05) is 6.61 Å². The quantitative estimate of drug-likeness (QED) is 0.782.